The van der Waals surface area contributed by atoms with E-state index in [2.05, 4.69) is 10.6 Å². The Morgan fingerprint density at radius 2 is 2.00 bits per heavy atom. The van der Waals surface area contributed by atoms with Gasteiger partial charge in [0, 0.05) is 5.56 Å². The summed E-state index contributed by atoms with van der Waals surface area (Å²) in [6.45, 7) is -0.803. The summed E-state index contributed by atoms with van der Waals surface area (Å²) in [5.74, 6) is -4.69. The Bertz CT molecular complexity index is 799. The van der Waals surface area contributed by atoms with E-state index in [1.54, 1.807) is 0 Å². The molecule has 0 spiro atoms. The Morgan fingerprint density at radius 1 is 1.28 bits per heavy atom. The van der Waals surface area contributed by atoms with Crippen molar-refractivity contribution in [3.63, 3.8) is 0 Å². The molecule has 160 valence electrons. The Hall–Kier alpha value is -2.14. The van der Waals surface area contributed by atoms with Gasteiger partial charge >= 0.3 is 12.3 Å². The van der Waals surface area contributed by atoms with Crippen molar-refractivity contribution in [2.24, 2.45) is 5.92 Å². The summed E-state index contributed by atoms with van der Waals surface area (Å²) in [4.78, 5) is 23.5. The van der Waals surface area contributed by atoms with E-state index < -0.39 is 65.6 Å². The lowest BCUT2D eigenvalue weighted by Gasteiger charge is -2.35. The highest BCUT2D eigenvalue weighted by Gasteiger charge is 2.44. The number of ether oxygens (including phenoxy) is 2. The van der Waals surface area contributed by atoms with Crippen molar-refractivity contribution in [3.8, 4) is 0 Å². The quantitative estimate of drug-likeness (QED) is 0.554. The summed E-state index contributed by atoms with van der Waals surface area (Å²) in [5.41, 5.74) is -0.252. The van der Waals surface area contributed by atoms with Crippen molar-refractivity contribution in [2.45, 2.75) is 37.3 Å². The third-order valence-electron chi connectivity index (χ3n) is 4.82. The molecule has 4 atom stereocenters. The third kappa shape index (κ3) is 4.72. The highest BCUT2D eigenvalue weighted by atomic mass is 35.5. The van der Waals surface area contributed by atoms with Crippen LogP contribution in [0.4, 0.5) is 26.7 Å². The van der Waals surface area contributed by atoms with E-state index in [1.807, 2.05) is 0 Å². The predicted octanol–water partition coefficient (Wildman–Crippen LogP) is 3.24. The minimum absolute atomic E-state index is 0.133. The summed E-state index contributed by atoms with van der Waals surface area (Å²) >= 11 is 5.60. The van der Waals surface area contributed by atoms with E-state index in [0.29, 0.717) is 0 Å². The number of rotatable bonds is 4. The predicted molar refractivity (Wildman–Crippen MR) is 89.0 cm³/mol. The first-order chi connectivity index (χ1) is 13.6. The molecule has 2 fully saturated rings. The molecule has 12 heteroatoms. The fourth-order valence-electron chi connectivity index (χ4n) is 3.23. The van der Waals surface area contributed by atoms with Crippen molar-refractivity contribution in [3.05, 3.63) is 34.4 Å². The second-order valence-electron chi connectivity index (χ2n) is 6.71. The van der Waals surface area contributed by atoms with Crippen LogP contribution in [0.2, 0.25) is 5.02 Å². The molecule has 0 aromatic heterocycles. The van der Waals surface area contributed by atoms with Crippen LogP contribution in [0.1, 0.15) is 24.4 Å². The van der Waals surface area contributed by atoms with Crippen LogP contribution in [0.5, 0.6) is 0 Å². The SMILES string of the molecule is O=C1NC[C@@H](C(=O)NC(c2ccc(F)c(Cl)c2F)[C@@H]2CC[C@@H](C(F)(F)F)CO2)O1. The minimum atomic E-state index is -4.45. The number of amides is 2. The lowest BCUT2D eigenvalue weighted by molar-refractivity contribution is -0.210. The largest absolute Gasteiger partial charge is 0.434 e. The van der Waals surface area contributed by atoms with Gasteiger partial charge in [-0.3, -0.25) is 4.79 Å². The first kappa shape index (κ1) is 21.6. The van der Waals surface area contributed by atoms with Crippen LogP contribution >= 0.6 is 11.6 Å². The molecule has 0 bridgehead atoms. The van der Waals surface area contributed by atoms with Gasteiger partial charge < -0.3 is 20.1 Å². The number of carbonyl (C=O) groups is 2. The van der Waals surface area contributed by atoms with Gasteiger partial charge in [0.2, 0.25) is 0 Å². The molecular formula is C17H16ClF5N2O4. The number of nitrogens with one attached hydrogen (secondary N) is 2. The fourth-order valence-corrected chi connectivity index (χ4v) is 3.40. The van der Waals surface area contributed by atoms with Gasteiger partial charge in [-0.2, -0.15) is 13.2 Å². The average Bonchev–Trinajstić information content (AvgIpc) is 3.11. The molecule has 1 aromatic rings. The van der Waals surface area contributed by atoms with E-state index in [1.165, 1.54) is 0 Å². The van der Waals surface area contributed by atoms with Crippen LogP contribution < -0.4 is 10.6 Å². The minimum Gasteiger partial charge on any atom is -0.434 e. The zero-order valence-corrected chi connectivity index (χ0v) is 15.4. The Labute approximate surface area is 166 Å². The van der Waals surface area contributed by atoms with Gasteiger partial charge in [-0.15, -0.1) is 0 Å². The highest BCUT2D eigenvalue weighted by molar-refractivity contribution is 6.31. The van der Waals surface area contributed by atoms with Crippen molar-refractivity contribution < 1.29 is 41.0 Å². The molecule has 0 aliphatic carbocycles. The molecule has 1 aromatic carbocycles. The van der Waals surface area contributed by atoms with Crippen LogP contribution in [-0.4, -0.2) is 43.5 Å². The van der Waals surface area contributed by atoms with Gasteiger partial charge in [0.05, 0.1) is 31.2 Å². The van der Waals surface area contributed by atoms with E-state index in [9.17, 15) is 31.5 Å². The summed E-state index contributed by atoms with van der Waals surface area (Å²) in [5, 5.41) is 3.87. The van der Waals surface area contributed by atoms with Gasteiger partial charge in [0.25, 0.3) is 5.91 Å². The molecule has 2 aliphatic rings. The number of hydrogen-bond acceptors (Lipinski definition) is 4. The van der Waals surface area contributed by atoms with Crippen molar-refractivity contribution in [2.75, 3.05) is 13.2 Å². The van der Waals surface area contributed by atoms with E-state index in [4.69, 9.17) is 21.1 Å². The summed E-state index contributed by atoms with van der Waals surface area (Å²) in [6.07, 6.45) is -7.95. The second kappa shape index (κ2) is 8.31. The molecule has 2 saturated heterocycles. The number of hydrogen-bond donors (Lipinski definition) is 2. The zero-order chi connectivity index (χ0) is 21.3. The summed E-state index contributed by atoms with van der Waals surface area (Å²) < 4.78 is 76.8. The third-order valence-corrected chi connectivity index (χ3v) is 5.16. The molecule has 2 aliphatic heterocycles. The van der Waals surface area contributed by atoms with E-state index >= 15 is 0 Å². The standard InChI is InChI=1S/C17H16ClF5N2O4/c18-12-9(19)3-2-8(13(12)20)14(25-15(26)11-5-24-16(27)29-11)10-4-1-7(6-28-10)17(21,22)23/h2-3,7,10-11,14H,1,4-6H2,(H,24,27)(H,25,26)/t7-,10+,11+,14?/m1/s1. The molecule has 2 amide bonds. The number of alkyl carbamates (subject to hydrolysis) is 1. The van der Waals surface area contributed by atoms with Crippen LogP contribution in [0, 0.1) is 17.6 Å². The zero-order valence-electron chi connectivity index (χ0n) is 14.7. The van der Waals surface area contributed by atoms with Crippen molar-refractivity contribution in [1.82, 2.24) is 10.6 Å². The summed E-state index contributed by atoms with van der Waals surface area (Å²) in [6, 6.07) is 0.631. The Morgan fingerprint density at radius 3 is 2.55 bits per heavy atom. The molecular weight excluding hydrogens is 427 g/mol. The highest BCUT2D eigenvalue weighted by Crippen LogP contribution is 2.38. The Kier molecular flexibility index (Phi) is 6.18. The maximum Gasteiger partial charge on any atom is 0.408 e. The first-order valence-corrected chi connectivity index (χ1v) is 9.02. The van der Waals surface area contributed by atoms with E-state index in [0.717, 1.165) is 12.1 Å². The second-order valence-corrected chi connectivity index (χ2v) is 7.09. The van der Waals surface area contributed by atoms with E-state index in [-0.39, 0.29) is 24.9 Å². The number of alkyl halides is 3. The monoisotopic (exact) mass is 442 g/mol. The lowest BCUT2D eigenvalue weighted by atomic mass is 9.90. The molecule has 0 saturated carbocycles. The van der Waals surface area contributed by atoms with Gasteiger partial charge in [0.15, 0.2) is 6.10 Å². The molecule has 1 unspecified atom stereocenters. The average molecular weight is 443 g/mol. The molecule has 0 radical (unpaired) electrons. The van der Waals surface area contributed by atoms with Gasteiger partial charge in [0.1, 0.15) is 16.7 Å². The topological polar surface area (TPSA) is 76.7 Å². The molecule has 2 heterocycles. The van der Waals surface area contributed by atoms with Crippen LogP contribution in [-0.2, 0) is 14.3 Å². The number of cyclic esters (lactones) is 1. The van der Waals surface area contributed by atoms with Crippen LogP contribution in [0.15, 0.2) is 12.1 Å². The maximum absolute atomic E-state index is 14.6. The first-order valence-electron chi connectivity index (χ1n) is 8.64. The fraction of sp³-hybridized carbons (Fsp3) is 0.529. The molecule has 6 nitrogen and oxygen atoms in total. The van der Waals surface area contributed by atoms with Gasteiger partial charge in [-0.1, -0.05) is 17.7 Å². The normalized spacial score (nSPS) is 25.9. The summed E-state index contributed by atoms with van der Waals surface area (Å²) in [7, 11) is 0. The lowest BCUT2D eigenvalue weighted by Crippen LogP contribution is -2.46. The smallest absolute Gasteiger partial charge is 0.408 e. The number of carbonyl (C=O) groups excluding carboxylic acids is 2. The number of halogens is 6. The number of benzene rings is 1. The maximum atomic E-state index is 14.6. The molecule has 2 N–H and O–H groups in total. The molecule has 29 heavy (non-hydrogen) atoms. The van der Waals surface area contributed by atoms with Gasteiger partial charge in [-0.25, -0.2) is 13.6 Å². The molecule has 3 rings (SSSR count). The van der Waals surface area contributed by atoms with Crippen LogP contribution in [0.25, 0.3) is 0 Å². The Balaban J connectivity index is 1.83. The van der Waals surface area contributed by atoms with Gasteiger partial charge in [-0.05, 0) is 18.9 Å². The van der Waals surface area contributed by atoms with Crippen LogP contribution in [0.3, 0.4) is 0 Å². The van der Waals surface area contributed by atoms with Crippen molar-refractivity contribution >= 4 is 23.6 Å². The van der Waals surface area contributed by atoms with Crippen molar-refractivity contribution in [1.29, 1.82) is 0 Å².